The van der Waals surface area contributed by atoms with Gasteiger partial charge < -0.3 is 10.2 Å². The van der Waals surface area contributed by atoms with E-state index in [-0.39, 0.29) is 6.61 Å². The van der Waals surface area contributed by atoms with Crippen LogP contribution in [0.4, 0.5) is 0 Å². The molecule has 0 aliphatic carbocycles. The first-order valence-corrected chi connectivity index (χ1v) is 4.96. The van der Waals surface area contributed by atoms with Crippen LogP contribution in [0.15, 0.2) is 29.6 Å². The van der Waals surface area contributed by atoms with E-state index < -0.39 is 6.10 Å². The van der Waals surface area contributed by atoms with Crippen molar-refractivity contribution in [1.29, 1.82) is 0 Å². The Labute approximate surface area is 80.1 Å². The Bertz CT molecular complexity index is 408. The van der Waals surface area contributed by atoms with Crippen molar-refractivity contribution < 1.29 is 10.2 Å². The summed E-state index contributed by atoms with van der Waals surface area (Å²) in [5.74, 6) is 0. The van der Waals surface area contributed by atoms with Gasteiger partial charge in [-0.2, -0.15) is 0 Å². The minimum Gasteiger partial charge on any atom is -0.393 e. The summed E-state index contributed by atoms with van der Waals surface area (Å²) in [5, 5.41) is 22.4. The molecule has 1 atom stereocenters. The molecule has 0 aliphatic heterocycles. The number of benzene rings is 1. The number of thiophene rings is 1. The molecule has 0 saturated carbocycles. The molecule has 3 heteroatoms. The van der Waals surface area contributed by atoms with Crippen LogP contribution in [0.3, 0.4) is 0 Å². The second-order valence-corrected chi connectivity index (χ2v) is 3.80. The Morgan fingerprint density at radius 1 is 1.31 bits per heavy atom. The van der Waals surface area contributed by atoms with E-state index >= 15 is 0 Å². The van der Waals surface area contributed by atoms with Crippen LogP contribution in [-0.4, -0.2) is 16.8 Å². The van der Waals surface area contributed by atoms with Crippen molar-refractivity contribution in [2.45, 2.75) is 6.10 Å². The topological polar surface area (TPSA) is 40.5 Å². The van der Waals surface area contributed by atoms with Gasteiger partial charge in [-0.25, -0.2) is 0 Å². The highest BCUT2D eigenvalue weighted by molar-refractivity contribution is 7.11. The number of aliphatic hydroxyl groups is 2. The summed E-state index contributed by atoms with van der Waals surface area (Å²) in [6.45, 7) is -0.218. The lowest BCUT2D eigenvalue weighted by molar-refractivity contribution is 0.0993. The Balaban J connectivity index is 2.57. The largest absolute Gasteiger partial charge is 0.393 e. The van der Waals surface area contributed by atoms with Crippen LogP contribution in [0, 0.1) is 0 Å². The fourth-order valence-corrected chi connectivity index (χ4v) is 2.36. The third-order valence-corrected chi connectivity index (χ3v) is 3.13. The first-order valence-electron chi connectivity index (χ1n) is 4.08. The van der Waals surface area contributed by atoms with E-state index in [2.05, 4.69) is 0 Å². The lowest BCUT2D eigenvalue weighted by Crippen LogP contribution is -1.99. The van der Waals surface area contributed by atoms with E-state index in [1.165, 1.54) is 11.3 Å². The first-order chi connectivity index (χ1) is 6.33. The van der Waals surface area contributed by atoms with Gasteiger partial charge in [-0.1, -0.05) is 24.3 Å². The van der Waals surface area contributed by atoms with Crippen molar-refractivity contribution in [3.8, 4) is 0 Å². The standard InChI is InChI=1S/C10H10O2S/c11-5-9(12)10-8-4-2-1-3-7(8)6-13-10/h1-4,6,9,11-12H,5H2. The average Bonchev–Trinajstić information content (AvgIpc) is 2.60. The average molecular weight is 194 g/mol. The third-order valence-electron chi connectivity index (χ3n) is 2.01. The molecule has 1 aromatic heterocycles. The number of fused-ring (bicyclic) bond motifs is 1. The van der Waals surface area contributed by atoms with Gasteiger partial charge in [-0.15, -0.1) is 11.3 Å². The maximum atomic E-state index is 9.48. The molecule has 2 N–H and O–H groups in total. The van der Waals surface area contributed by atoms with Gasteiger partial charge in [0.1, 0.15) is 6.10 Å². The number of rotatable bonds is 2. The predicted octanol–water partition coefficient (Wildman–Crippen LogP) is 1.93. The quantitative estimate of drug-likeness (QED) is 0.766. The maximum absolute atomic E-state index is 9.48. The summed E-state index contributed by atoms with van der Waals surface area (Å²) in [7, 11) is 0. The van der Waals surface area contributed by atoms with E-state index in [0.29, 0.717) is 0 Å². The summed E-state index contributed by atoms with van der Waals surface area (Å²) < 4.78 is 0. The fourth-order valence-electron chi connectivity index (χ4n) is 1.36. The normalized spacial score (nSPS) is 13.4. The molecule has 0 radical (unpaired) electrons. The second-order valence-electron chi connectivity index (χ2n) is 2.89. The molecule has 2 rings (SSSR count). The van der Waals surface area contributed by atoms with Crippen LogP contribution >= 0.6 is 11.3 Å². The zero-order chi connectivity index (χ0) is 9.26. The number of aliphatic hydroxyl groups excluding tert-OH is 2. The molecule has 0 amide bonds. The molecule has 0 saturated heterocycles. The highest BCUT2D eigenvalue weighted by Crippen LogP contribution is 2.30. The van der Waals surface area contributed by atoms with E-state index in [9.17, 15) is 5.11 Å². The smallest absolute Gasteiger partial charge is 0.112 e. The van der Waals surface area contributed by atoms with Gasteiger partial charge in [0.2, 0.25) is 0 Å². The molecule has 1 aromatic carbocycles. The van der Waals surface area contributed by atoms with Crippen molar-refractivity contribution in [2.24, 2.45) is 0 Å². The second kappa shape index (κ2) is 3.46. The fraction of sp³-hybridized carbons (Fsp3) is 0.200. The minimum atomic E-state index is -0.745. The Morgan fingerprint density at radius 2 is 2.08 bits per heavy atom. The highest BCUT2D eigenvalue weighted by Gasteiger charge is 2.11. The Hall–Kier alpha value is -0.900. The molecule has 1 unspecified atom stereocenters. The van der Waals surface area contributed by atoms with E-state index in [1.807, 2.05) is 29.6 Å². The lowest BCUT2D eigenvalue weighted by Gasteiger charge is -2.03. The molecule has 1 heterocycles. The van der Waals surface area contributed by atoms with E-state index in [1.54, 1.807) is 0 Å². The van der Waals surface area contributed by atoms with Crippen molar-refractivity contribution in [3.05, 3.63) is 34.5 Å². The van der Waals surface area contributed by atoms with E-state index in [4.69, 9.17) is 5.11 Å². The summed E-state index contributed by atoms with van der Waals surface area (Å²) in [4.78, 5) is 0.845. The zero-order valence-corrected chi connectivity index (χ0v) is 7.79. The maximum Gasteiger partial charge on any atom is 0.112 e. The lowest BCUT2D eigenvalue weighted by atomic mass is 10.1. The monoisotopic (exact) mass is 194 g/mol. The van der Waals surface area contributed by atoms with Gasteiger partial charge in [0.25, 0.3) is 0 Å². The van der Waals surface area contributed by atoms with Crippen LogP contribution in [0.25, 0.3) is 10.8 Å². The molecule has 2 aromatic rings. The zero-order valence-electron chi connectivity index (χ0n) is 6.97. The summed E-state index contributed by atoms with van der Waals surface area (Å²) in [6, 6.07) is 7.85. The van der Waals surface area contributed by atoms with Crippen molar-refractivity contribution in [3.63, 3.8) is 0 Å². The third kappa shape index (κ3) is 1.46. The van der Waals surface area contributed by atoms with E-state index in [0.717, 1.165) is 15.6 Å². The number of hydrogen-bond acceptors (Lipinski definition) is 3. The summed E-state index contributed by atoms with van der Waals surface area (Å²) in [6.07, 6.45) is -0.745. The number of hydrogen-bond donors (Lipinski definition) is 2. The summed E-state index contributed by atoms with van der Waals surface area (Å²) >= 11 is 1.49. The molecular weight excluding hydrogens is 184 g/mol. The van der Waals surface area contributed by atoms with Crippen LogP contribution in [-0.2, 0) is 0 Å². The molecule has 0 fully saturated rings. The minimum absolute atomic E-state index is 0.218. The van der Waals surface area contributed by atoms with Crippen LogP contribution in [0.2, 0.25) is 0 Å². The molecular formula is C10H10O2S. The Morgan fingerprint density at radius 3 is 2.85 bits per heavy atom. The van der Waals surface area contributed by atoms with Crippen LogP contribution in [0.5, 0.6) is 0 Å². The van der Waals surface area contributed by atoms with Gasteiger partial charge in [0.05, 0.1) is 6.61 Å². The highest BCUT2D eigenvalue weighted by atomic mass is 32.1. The van der Waals surface area contributed by atoms with Gasteiger partial charge >= 0.3 is 0 Å². The molecule has 0 aliphatic rings. The van der Waals surface area contributed by atoms with Crippen molar-refractivity contribution in [2.75, 3.05) is 6.61 Å². The van der Waals surface area contributed by atoms with Crippen molar-refractivity contribution in [1.82, 2.24) is 0 Å². The Kier molecular flexibility index (Phi) is 2.31. The molecule has 2 nitrogen and oxygen atoms in total. The van der Waals surface area contributed by atoms with Gasteiger partial charge in [0, 0.05) is 4.88 Å². The predicted molar refractivity (Wildman–Crippen MR) is 53.9 cm³/mol. The molecule has 0 spiro atoms. The molecule has 68 valence electrons. The van der Waals surface area contributed by atoms with Gasteiger partial charge in [-0.3, -0.25) is 0 Å². The van der Waals surface area contributed by atoms with Gasteiger partial charge in [-0.05, 0) is 16.2 Å². The van der Waals surface area contributed by atoms with Gasteiger partial charge in [0.15, 0.2) is 0 Å². The van der Waals surface area contributed by atoms with Crippen molar-refractivity contribution >= 4 is 22.1 Å². The first kappa shape index (κ1) is 8.69. The van der Waals surface area contributed by atoms with Crippen LogP contribution in [0.1, 0.15) is 11.0 Å². The van der Waals surface area contributed by atoms with Crippen LogP contribution < -0.4 is 0 Å². The summed E-state index contributed by atoms with van der Waals surface area (Å²) in [5.41, 5.74) is 0. The molecule has 13 heavy (non-hydrogen) atoms. The molecule has 0 bridgehead atoms. The SMILES string of the molecule is OCC(O)c1scc2ccccc12.